The molecule has 2 aliphatic rings. The van der Waals surface area contributed by atoms with E-state index in [1.165, 1.54) is 12.8 Å². The number of nitrogens with zero attached hydrogens (tertiary/aromatic N) is 1. The first-order valence-electron chi connectivity index (χ1n) is 8.59. The third-order valence-electron chi connectivity index (χ3n) is 5.04. The lowest BCUT2D eigenvalue weighted by atomic mass is 9.92. The minimum absolute atomic E-state index is 0.0407. The monoisotopic (exact) mass is 349 g/mol. The van der Waals surface area contributed by atoms with E-state index in [-0.39, 0.29) is 24.0 Å². The normalized spacial score (nSPS) is 22.7. The summed E-state index contributed by atoms with van der Waals surface area (Å²) in [6, 6.07) is 7.34. The number of hydrogen-bond acceptors (Lipinski definition) is 2. The molecule has 24 heavy (non-hydrogen) atoms. The van der Waals surface area contributed by atoms with Crippen LogP contribution in [0.4, 0.5) is 4.79 Å². The molecule has 130 valence electrons. The zero-order chi connectivity index (χ0) is 17.1. The Balaban J connectivity index is 1.67. The van der Waals surface area contributed by atoms with E-state index in [0.29, 0.717) is 23.9 Å². The van der Waals surface area contributed by atoms with Crippen LogP contribution >= 0.6 is 11.6 Å². The van der Waals surface area contributed by atoms with Gasteiger partial charge in [0.15, 0.2) is 0 Å². The number of amides is 3. The second-order valence-corrected chi connectivity index (χ2v) is 7.31. The Bertz CT molecular complexity index is 616. The fourth-order valence-electron chi connectivity index (χ4n) is 3.79. The van der Waals surface area contributed by atoms with Gasteiger partial charge in [-0.25, -0.2) is 4.79 Å². The summed E-state index contributed by atoms with van der Waals surface area (Å²) in [6.07, 6.45) is 5.00. The predicted molar refractivity (Wildman–Crippen MR) is 93.9 cm³/mol. The number of halogens is 1. The summed E-state index contributed by atoms with van der Waals surface area (Å²) in [5.74, 6) is 0.504. The van der Waals surface area contributed by atoms with E-state index < -0.39 is 0 Å². The van der Waals surface area contributed by atoms with Crippen molar-refractivity contribution in [2.45, 2.75) is 44.2 Å². The van der Waals surface area contributed by atoms with Crippen molar-refractivity contribution in [3.8, 4) is 0 Å². The maximum Gasteiger partial charge on any atom is 0.315 e. The fraction of sp³-hybridized carbons (Fsp3) is 0.556. The molecular weight excluding hydrogens is 326 g/mol. The molecule has 1 saturated carbocycles. The van der Waals surface area contributed by atoms with Crippen LogP contribution in [-0.4, -0.2) is 36.5 Å². The third-order valence-corrected chi connectivity index (χ3v) is 5.28. The van der Waals surface area contributed by atoms with E-state index >= 15 is 0 Å². The molecule has 2 atom stereocenters. The van der Waals surface area contributed by atoms with Crippen molar-refractivity contribution in [3.63, 3.8) is 0 Å². The van der Waals surface area contributed by atoms with Gasteiger partial charge in [-0.05, 0) is 36.5 Å². The molecule has 6 heteroatoms. The molecule has 1 heterocycles. The molecule has 3 amide bonds. The number of hydrogen-bond donors (Lipinski definition) is 2. The topological polar surface area (TPSA) is 61.4 Å². The van der Waals surface area contributed by atoms with Crippen LogP contribution in [0.25, 0.3) is 0 Å². The first kappa shape index (κ1) is 17.1. The molecule has 0 radical (unpaired) electrons. The van der Waals surface area contributed by atoms with Gasteiger partial charge in [-0.3, -0.25) is 4.79 Å². The second kappa shape index (κ2) is 7.43. The van der Waals surface area contributed by atoms with Crippen LogP contribution in [0.3, 0.4) is 0 Å². The van der Waals surface area contributed by atoms with Crippen molar-refractivity contribution >= 4 is 23.5 Å². The largest absolute Gasteiger partial charge is 0.344 e. The summed E-state index contributed by atoms with van der Waals surface area (Å²) in [5.41, 5.74) is 1.05. The number of urea groups is 1. The number of likely N-dealkylation sites (tertiary alicyclic amines) is 1. The van der Waals surface area contributed by atoms with E-state index in [4.69, 9.17) is 11.6 Å². The average Bonchev–Trinajstić information content (AvgIpc) is 3.16. The fourth-order valence-corrected chi connectivity index (χ4v) is 3.99. The van der Waals surface area contributed by atoms with Gasteiger partial charge in [-0.2, -0.15) is 0 Å². The van der Waals surface area contributed by atoms with E-state index in [0.717, 1.165) is 18.4 Å². The molecule has 1 aliphatic carbocycles. The lowest BCUT2D eigenvalue weighted by molar-refractivity contribution is -0.126. The smallest absolute Gasteiger partial charge is 0.315 e. The number of benzene rings is 1. The van der Waals surface area contributed by atoms with Crippen molar-refractivity contribution in [2.24, 2.45) is 5.92 Å². The standard InChI is InChI=1S/C18H24ClN3O2/c1-22-11-15(10-16(22)23)20-18(24)21-17(12-5-2-3-6-12)13-7-4-8-14(19)9-13/h4,7-9,12,15,17H,2-3,5-6,10-11H2,1H3,(H2,20,21,24)/t15?,17-/m0/s1. The number of likely N-dealkylation sites (N-methyl/N-ethyl adjacent to an activating group) is 1. The maximum atomic E-state index is 12.5. The second-order valence-electron chi connectivity index (χ2n) is 6.87. The van der Waals surface area contributed by atoms with Crippen molar-refractivity contribution in [3.05, 3.63) is 34.9 Å². The minimum atomic E-state index is -0.208. The van der Waals surface area contributed by atoms with Crippen molar-refractivity contribution in [1.82, 2.24) is 15.5 Å². The SMILES string of the molecule is CN1CC(NC(=O)N[C@H](c2cccc(Cl)c2)C2CCCC2)CC1=O. The number of carbonyl (C=O) groups is 2. The lowest BCUT2D eigenvalue weighted by Crippen LogP contribution is -2.45. The van der Waals surface area contributed by atoms with E-state index in [1.807, 2.05) is 24.3 Å². The molecule has 1 saturated heterocycles. The van der Waals surface area contributed by atoms with Crippen molar-refractivity contribution in [2.75, 3.05) is 13.6 Å². The highest BCUT2D eigenvalue weighted by Crippen LogP contribution is 2.36. The van der Waals surface area contributed by atoms with Crippen LogP contribution in [0.15, 0.2) is 24.3 Å². The lowest BCUT2D eigenvalue weighted by Gasteiger charge is -2.26. The van der Waals surface area contributed by atoms with Gasteiger partial charge in [0.25, 0.3) is 0 Å². The summed E-state index contributed by atoms with van der Waals surface area (Å²) in [4.78, 5) is 25.7. The van der Waals surface area contributed by atoms with Gasteiger partial charge in [-0.15, -0.1) is 0 Å². The van der Waals surface area contributed by atoms with Gasteiger partial charge in [-0.1, -0.05) is 36.6 Å². The van der Waals surface area contributed by atoms with Gasteiger partial charge in [0.2, 0.25) is 5.91 Å². The molecule has 3 rings (SSSR count). The van der Waals surface area contributed by atoms with E-state index in [2.05, 4.69) is 10.6 Å². The number of rotatable bonds is 4. The molecule has 2 N–H and O–H groups in total. The van der Waals surface area contributed by atoms with Crippen LogP contribution in [-0.2, 0) is 4.79 Å². The molecule has 0 spiro atoms. The maximum absolute atomic E-state index is 12.5. The molecule has 5 nitrogen and oxygen atoms in total. The Morgan fingerprint density at radius 2 is 2.08 bits per heavy atom. The summed E-state index contributed by atoms with van der Waals surface area (Å²) in [7, 11) is 1.76. The van der Waals surface area contributed by atoms with Gasteiger partial charge >= 0.3 is 6.03 Å². The Labute approximate surface area is 147 Å². The summed E-state index contributed by atoms with van der Waals surface area (Å²) in [6.45, 7) is 0.567. The molecule has 1 aromatic rings. The number of nitrogens with one attached hydrogen (secondary N) is 2. The first-order valence-corrected chi connectivity index (χ1v) is 8.97. The van der Waals surface area contributed by atoms with E-state index in [9.17, 15) is 9.59 Å². The van der Waals surface area contributed by atoms with Crippen LogP contribution < -0.4 is 10.6 Å². The van der Waals surface area contributed by atoms with Crippen molar-refractivity contribution < 1.29 is 9.59 Å². The number of carbonyl (C=O) groups excluding carboxylic acids is 2. The highest BCUT2D eigenvalue weighted by Gasteiger charge is 2.31. The van der Waals surface area contributed by atoms with Crippen LogP contribution in [0.2, 0.25) is 5.02 Å². The predicted octanol–water partition coefficient (Wildman–Crippen LogP) is 3.10. The zero-order valence-corrected chi connectivity index (χ0v) is 14.7. The molecule has 0 bridgehead atoms. The zero-order valence-electron chi connectivity index (χ0n) is 13.9. The minimum Gasteiger partial charge on any atom is -0.344 e. The Morgan fingerprint density at radius 3 is 2.71 bits per heavy atom. The first-order chi connectivity index (χ1) is 11.5. The summed E-state index contributed by atoms with van der Waals surface area (Å²) in [5, 5.41) is 6.73. The van der Waals surface area contributed by atoms with Gasteiger partial charge in [0, 0.05) is 25.0 Å². The van der Waals surface area contributed by atoms with Gasteiger partial charge < -0.3 is 15.5 Å². The quantitative estimate of drug-likeness (QED) is 0.877. The van der Waals surface area contributed by atoms with Crippen molar-refractivity contribution in [1.29, 1.82) is 0 Å². The molecular formula is C18H24ClN3O2. The molecule has 1 aromatic carbocycles. The van der Waals surface area contributed by atoms with Gasteiger partial charge in [0.1, 0.15) is 0 Å². The third kappa shape index (κ3) is 4.01. The average molecular weight is 350 g/mol. The molecule has 0 aromatic heterocycles. The summed E-state index contributed by atoms with van der Waals surface area (Å²) >= 11 is 6.13. The highest BCUT2D eigenvalue weighted by atomic mass is 35.5. The Kier molecular flexibility index (Phi) is 5.29. The van der Waals surface area contributed by atoms with Crippen LogP contribution in [0.1, 0.15) is 43.7 Å². The Morgan fingerprint density at radius 1 is 1.33 bits per heavy atom. The van der Waals surface area contributed by atoms with Crippen LogP contribution in [0.5, 0.6) is 0 Å². The molecule has 2 fully saturated rings. The molecule has 1 aliphatic heterocycles. The summed E-state index contributed by atoms with van der Waals surface area (Å²) < 4.78 is 0. The Hall–Kier alpha value is -1.75. The van der Waals surface area contributed by atoms with Gasteiger partial charge in [0.05, 0.1) is 12.1 Å². The molecule has 1 unspecified atom stereocenters. The highest BCUT2D eigenvalue weighted by molar-refractivity contribution is 6.30. The van der Waals surface area contributed by atoms with Crippen LogP contribution in [0, 0.1) is 5.92 Å². The van der Waals surface area contributed by atoms with E-state index in [1.54, 1.807) is 11.9 Å².